The number of rotatable bonds is 5. The largest absolute Gasteiger partial charge is 0.386 e. The van der Waals surface area contributed by atoms with Gasteiger partial charge in [0.2, 0.25) is 0 Å². The molecule has 0 saturated carbocycles. The predicted octanol–water partition coefficient (Wildman–Crippen LogP) is 2.81. The SMILES string of the molecule is CCOC(CC)C(O)c1cc(F)cc(F)c1. The number of halogens is 2. The van der Waals surface area contributed by atoms with Gasteiger partial charge < -0.3 is 9.84 Å². The molecule has 2 atom stereocenters. The van der Waals surface area contributed by atoms with Crippen molar-refractivity contribution in [3.8, 4) is 0 Å². The van der Waals surface area contributed by atoms with Gasteiger partial charge >= 0.3 is 0 Å². The van der Waals surface area contributed by atoms with E-state index in [1.807, 2.05) is 13.8 Å². The third kappa shape index (κ3) is 3.25. The molecule has 0 saturated heterocycles. The van der Waals surface area contributed by atoms with Gasteiger partial charge in [0.05, 0.1) is 6.10 Å². The molecule has 0 spiro atoms. The van der Waals surface area contributed by atoms with Crippen LogP contribution in [0.2, 0.25) is 0 Å². The first kappa shape index (κ1) is 13.1. The Morgan fingerprint density at radius 2 is 1.75 bits per heavy atom. The van der Waals surface area contributed by atoms with Crippen LogP contribution >= 0.6 is 0 Å². The van der Waals surface area contributed by atoms with E-state index < -0.39 is 23.8 Å². The van der Waals surface area contributed by atoms with E-state index in [-0.39, 0.29) is 5.56 Å². The monoisotopic (exact) mass is 230 g/mol. The molecule has 0 aromatic heterocycles. The van der Waals surface area contributed by atoms with Crippen LogP contribution in [-0.4, -0.2) is 17.8 Å². The quantitative estimate of drug-likeness (QED) is 0.842. The minimum atomic E-state index is -1.00. The highest BCUT2D eigenvalue weighted by Gasteiger charge is 2.20. The maximum atomic E-state index is 12.9. The lowest BCUT2D eigenvalue weighted by atomic mass is 10.0. The molecule has 0 amide bonds. The zero-order valence-corrected chi connectivity index (χ0v) is 9.41. The minimum Gasteiger partial charge on any atom is -0.386 e. The standard InChI is InChI=1S/C12H16F2O2/c1-3-11(16-4-2)12(15)8-5-9(13)7-10(14)6-8/h5-7,11-12,15H,3-4H2,1-2H3. The van der Waals surface area contributed by atoms with E-state index in [2.05, 4.69) is 0 Å². The number of benzene rings is 1. The van der Waals surface area contributed by atoms with Gasteiger partial charge in [-0.25, -0.2) is 8.78 Å². The molecule has 0 radical (unpaired) electrons. The van der Waals surface area contributed by atoms with E-state index >= 15 is 0 Å². The molecule has 0 fully saturated rings. The van der Waals surface area contributed by atoms with Crippen LogP contribution in [0.5, 0.6) is 0 Å². The molecular weight excluding hydrogens is 214 g/mol. The second-order valence-corrected chi connectivity index (χ2v) is 3.55. The Labute approximate surface area is 93.9 Å². The summed E-state index contributed by atoms with van der Waals surface area (Å²) in [5.74, 6) is -1.39. The summed E-state index contributed by atoms with van der Waals surface area (Å²) in [5, 5.41) is 9.90. The third-order valence-corrected chi connectivity index (χ3v) is 2.36. The van der Waals surface area contributed by atoms with Crippen molar-refractivity contribution < 1.29 is 18.6 Å². The van der Waals surface area contributed by atoms with E-state index in [1.54, 1.807) is 0 Å². The van der Waals surface area contributed by atoms with E-state index in [9.17, 15) is 13.9 Å². The van der Waals surface area contributed by atoms with Crippen molar-refractivity contribution >= 4 is 0 Å². The second-order valence-electron chi connectivity index (χ2n) is 3.55. The van der Waals surface area contributed by atoms with Crippen molar-refractivity contribution in [1.82, 2.24) is 0 Å². The number of aliphatic hydroxyl groups excluding tert-OH is 1. The van der Waals surface area contributed by atoms with Crippen LogP contribution in [0.15, 0.2) is 18.2 Å². The number of hydrogen-bond donors (Lipinski definition) is 1. The van der Waals surface area contributed by atoms with Crippen LogP contribution in [0.25, 0.3) is 0 Å². The summed E-state index contributed by atoms with van der Waals surface area (Å²) >= 11 is 0. The number of ether oxygens (including phenoxy) is 1. The van der Waals surface area contributed by atoms with Crippen LogP contribution in [0.4, 0.5) is 8.78 Å². The Hall–Kier alpha value is -1.00. The van der Waals surface area contributed by atoms with Gasteiger partial charge in [-0.05, 0) is 31.0 Å². The van der Waals surface area contributed by atoms with Gasteiger partial charge in [0.1, 0.15) is 17.7 Å². The molecule has 2 unspecified atom stereocenters. The van der Waals surface area contributed by atoms with Crippen LogP contribution in [0.1, 0.15) is 31.9 Å². The van der Waals surface area contributed by atoms with Crippen molar-refractivity contribution in [3.63, 3.8) is 0 Å². The van der Waals surface area contributed by atoms with Gasteiger partial charge in [-0.3, -0.25) is 0 Å². The zero-order chi connectivity index (χ0) is 12.1. The molecule has 2 nitrogen and oxygen atoms in total. The van der Waals surface area contributed by atoms with Gasteiger partial charge in [-0.15, -0.1) is 0 Å². The third-order valence-electron chi connectivity index (χ3n) is 2.36. The molecular formula is C12H16F2O2. The summed E-state index contributed by atoms with van der Waals surface area (Å²) in [6.45, 7) is 4.11. The zero-order valence-electron chi connectivity index (χ0n) is 9.41. The van der Waals surface area contributed by atoms with Crippen molar-refractivity contribution in [2.75, 3.05) is 6.61 Å². The molecule has 4 heteroatoms. The van der Waals surface area contributed by atoms with Crippen LogP contribution in [-0.2, 0) is 4.74 Å². The Morgan fingerprint density at radius 1 is 1.19 bits per heavy atom. The lowest BCUT2D eigenvalue weighted by molar-refractivity contribution is -0.0357. The van der Waals surface area contributed by atoms with Gasteiger partial charge in [0.15, 0.2) is 0 Å². The van der Waals surface area contributed by atoms with E-state index in [0.29, 0.717) is 13.0 Å². The Morgan fingerprint density at radius 3 is 2.19 bits per heavy atom. The summed E-state index contributed by atoms with van der Waals surface area (Å²) in [6.07, 6.45) is -0.867. The summed E-state index contributed by atoms with van der Waals surface area (Å²) in [6, 6.07) is 3.02. The molecule has 1 rings (SSSR count). The Bertz CT molecular complexity index is 322. The highest BCUT2D eigenvalue weighted by atomic mass is 19.1. The molecule has 90 valence electrons. The molecule has 0 heterocycles. The Kier molecular flexibility index (Phi) is 4.83. The molecule has 0 bridgehead atoms. The molecule has 1 N–H and O–H groups in total. The smallest absolute Gasteiger partial charge is 0.126 e. The summed E-state index contributed by atoms with van der Waals surface area (Å²) in [7, 11) is 0. The molecule has 16 heavy (non-hydrogen) atoms. The Balaban J connectivity index is 2.89. The first-order valence-electron chi connectivity index (χ1n) is 5.34. The van der Waals surface area contributed by atoms with Gasteiger partial charge in [-0.2, -0.15) is 0 Å². The molecule has 1 aromatic rings. The highest BCUT2D eigenvalue weighted by molar-refractivity contribution is 5.21. The predicted molar refractivity (Wildman–Crippen MR) is 57.0 cm³/mol. The van der Waals surface area contributed by atoms with Crippen molar-refractivity contribution in [2.24, 2.45) is 0 Å². The van der Waals surface area contributed by atoms with Gasteiger partial charge in [-0.1, -0.05) is 6.92 Å². The number of aliphatic hydroxyl groups is 1. The highest BCUT2D eigenvalue weighted by Crippen LogP contribution is 2.23. The van der Waals surface area contributed by atoms with E-state index in [1.165, 1.54) is 0 Å². The second kappa shape index (κ2) is 5.92. The fourth-order valence-electron chi connectivity index (χ4n) is 1.61. The topological polar surface area (TPSA) is 29.5 Å². The van der Waals surface area contributed by atoms with Crippen LogP contribution in [0, 0.1) is 11.6 Å². The average molecular weight is 230 g/mol. The normalized spacial score (nSPS) is 14.8. The molecule has 1 aromatic carbocycles. The van der Waals surface area contributed by atoms with Crippen LogP contribution in [0.3, 0.4) is 0 Å². The maximum absolute atomic E-state index is 12.9. The molecule has 0 aliphatic rings. The average Bonchev–Trinajstić information content (AvgIpc) is 2.23. The fourth-order valence-corrected chi connectivity index (χ4v) is 1.61. The lowest BCUT2D eigenvalue weighted by Gasteiger charge is -2.21. The van der Waals surface area contributed by atoms with Crippen molar-refractivity contribution in [2.45, 2.75) is 32.5 Å². The summed E-state index contributed by atoms with van der Waals surface area (Å²) in [4.78, 5) is 0. The van der Waals surface area contributed by atoms with Crippen molar-refractivity contribution in [3.05, 3.63) is 35.4 Å². The van der Waals surface area contributed by atoms with E-state index in [0.717, 1.165) is 18.2 Å². The number of hydrogen-bond acceptors (Lipinski definition) is 2. The molecule has 0 aliphatic heterocycles. The van der Waals surface area contributed by atoms with Crippen LogP contribution < -0.4 is 0 Å². The van der Waals surface area contributed by atoms with Gasteiger partial charge in [0.25, 0.3) is 0 Å². The first-order valence-corrected chi connectivity index (χ1v) is 5.34. The van der Waals surface area contributed by atoms with Crippen molar-refractivity contribution in [1.29, 1.82) is 0 Å². The minimum absolute atomic E-state index is 0.206. The van der Waals surface area contributed by atoms with Gasteiger partial charge in [0, 0.05) is 12.7 Å². The summed E-state index contributed by atoms with van der Waals surface area (Å²) < 4.78 is 31.2. The summed E-state index contributed by atoms with van der Waals surface area (Å²) in [5.41, 5.74) is 0.206. The first-order chi connectivity index (χ1) is 7.58. The molecule has 0 aliphatic carbocycles. The lowest BCUT2D eigenvalue weighted by Crippen LogP contribution is -2.21. The van der Waals surface area contributed by atoms with E-state index in [4.69, 9.17) is 4.74 Å². The maximum Gasteiger partial charge on any atom is 0.126 e. The fraction of sp³-hybridized carbons (Fsp3) is 0.500.